The van der Waals surface area contributed by atoms with Crippen molar-refractivity contribution in [2.24, 2.45) is 11.8 Å². The minimum absolute atomic E-state index is 0.0794. The van der Waals surface area contributed by atoms with Crippen molar-refractivity contribution < 1.29 is 14.4 Å². The third-order valence-corrected chi connectivity index (χ3v) is 5.42. The van der Waals surface area contributed by atoms with Crippen molar-refractivity contribution in [1.29, 1.82) is 0 Å². The highest BCUT2D eigenvalue weighted by Gasteiger charge is 2.46. The van der Waals surface area contributed by atoms with Crippen LogP contribution in [0.4, 0.5) is 5.69 Å². The van der Waals surface area contributed by atoms with Crippen LogP contribution in [-0.4, -0.2) is 29.2 Å². The molecule has 138 valence electrons. The van der Waals surface area contributed by atoms with Gasteiger partial charge in [0.05, 0.1) is 11.8 Å². The molecule has 1 saturated heterocycles. The molecule has 0 saturated carbocycles. The van der Waals surface area contributed by atoms with Crippen LogP contribution in [0, 0.1) is 11.8 Å². The van der Waals surface area contributed by atoms with Gasteiger partial charge in [0.25, 0.3) is 0 Å². The summed E-state index contributed by atoms with van der Waals surface area (Å²) in [5, 5.41) is 5.09. The van der Waals surface area contributed by atoms with Gasteiger partial charge in [0.15, 0.2) is 0 Å². The highest BCUT2D eigenvalue weighted by Crippen LogP contribution is 2.35. The number of imide groups is 1. The normalized spacial score (nSPS) is 21.6. The molecule has 2 aromatic rings. The number of hydrogen-bond acceptors (Lipinski definition) is 3. The second-order valence-electron chi connectivity index (χ2n) is 7.20. The Morgan fingerprint density at radius 1 is 0.963 bits per heavy atom. The summed E-state index contributed by atoms with van der Waals surface area (Å²) in [6.07, 6.45) is 6.00. The van der Waals surface area contributed by atoms with Gasteiger partial charge in [0.2, 0.25) is 17.7 Å². The molecule has 4 rings (SSSR count). The first-order valence-electron chi connectivity index (χ1n) is 9.42. The van der Waals surface area contributed by atoms with E-state index in [-0.39, 0.29) is 36.0 Å². The molecule has 2 aromatic carbocycles. The van der Waals surface area contributed by atoms with Crippen molar-refractivity contribution in [3.05, 3.63) is 54.6 Å². The largest absolute Gasteiger partial charge is 0.326 e. The van der Waals surface area contributed by atoms with Crippen molar-refractivity contribution in [2.45, 2.75) is 25.7 Å². The van der Waals surface area contributed by atoms with E-state index in [2.05, 4.69) is 5.32 Å². The molecule has 1 aliphatic carbocycles. The summed E-state index contributed by atoms with van der Waals surface area (Å²) in [5.74, 6) is -0.667. The van der Waals surface area contributed by atoms with Gasteiger partial charge in [0.1, 0.15) is 0 Å². The smallest absolute Gasteiger partial charge is 0.233 e. The number of fused-ring (bicyclic) bond motifs is 2. The molecule has 0 aromatic heterocycles. The van der Waals surface area contributed by atoms with Gasteiger partial charge in [-0.1, -0.05) is 42.5 Å². The Hall–Kier alpha value is -2.95. The lowest BCUT2D eigenvalue weighted by Crippen LogP contribution is -2.32. The van der Waals surface area contributed by atoms with Gasteiger partial charge in [-0.25, -0.2) is 0 Å². The first kappa shape index (κ1) is 17.5. The second kappa shape index (κ2) is 7.35. The molecular formula is C22H22N2O3. The zero-order valence-corrected chi connectivity index (χ0v) is 15.1. The third kappa shape index (κ3) is 3.50. The van der Waals surface area contributed by atoms with E-state index in [4.69, 9.17) is 0 Å². The average Bonchev–Trinajstić information content (AvgIpc) is 2.93. The van der Waals surface area contributed by atoms with Crippen molar-refractivity contribution in [1.82, 2.24) is 4.90 Å². The van der Waals surface area contributed by atoms with Gasteiger partial charge < -0.3 is 5.32 Å². The Kier molecular flexibility index (Phi) is 4.75. The van der Waals surface area contributed by atoms with Crippen LogP contribution in [0.3, 0.4) is 0 Å². The van der Waals surface area contributed by atoms with E-state index in [9.17, 15) is 14.4 Å². The van der Waals surface area contributed by atoms with Crippen molar-refractivity contribution in [3.63, 3.8) is 0 Å². The van der Waals surface area contributed by atoms with E-state index in [0.717, 1.165) is 16.5 Å². The molecule has 27 heavy (non-hydrogen) atoms. The van der Waals surface area contributed by atoms with E-state index in [1.54, 1.807) is 0 Å². The number of rotatable bonds is 5. The number of likely N-dealkylation sites (tertiary alicyclic amines) is 1. The molecular weight excluding hydrogens is 340 g/mol. The molecule has 0 spiro atoms. The topological polar surface area (TPSA) is 66.5 Å². The monoisotopic (exact) mass is 362 g/mol. The quantitative estimate of drug-likeness (QED) is 0.654. The first-order valence-corrected chi connectivity index (χ1v) is 9.42. The minimum Gasteiger partial charge on any atom is -0.326 e. The Balaban J connectivity index is 1.30. The van der Waals surface area contributed by atoms with Crippen LogP contribution in [0.25, 0.3) is 10.8 Å². The predicted molar refractivity (Wildman–Crippen MR) is 104 cm³/mol. The van der Waals surface area contributed by atoms with Gasteiger partial charge >= 0.3 is 0 Å². The maximum absolute atomic E-state index is 12.4. The molecule has 1 aliphatic heterocycles. The van der Waals surface area contributed by atoms with Gasteiger partial charge in [-0.3, -0.25) is 19.3 Å². The fourth-order valence-corrected chi connectivity index (χ4v) is 3.98. The fraction of sp³-hybridized carbons (Fsp3) is 0.318. The molecule has 1 heterocycles. The maximum Gasteiger partial charge on any atom is 0.233 e. The van der Waals surface area contributed by atoms with Gasteiger partial charge in [-0.15, -0.1) is 0 Å². The summed E-state index contributed by atoms with van der Waals surface area (Å²) >= 11 is 0. The molecule has 0 radical (unpaired) electrons. The number of nitrogens with zero attached hydrogens (tertiary/aromatic N) is 1. The van der Waals surface area contributed by atoms with Crippen LogP contribution in [0.2, 0.25) is 0 Å². The highest BCUT2D eigenvalue weighted by atomic mass is 16.2. The number of allylic oxidation sites excluding steroid dienone is 2. The van der Waals surface area contributed by atoms with E-state index in [1.165, 1.54) is 4.90 Å². The van der Waals surface area contributed by atoms with Crippen LogP contribution >= 0.6 is 0 Å². The second-order valence-corrected chi connectivity index (χ2v) is 7.20. The maximum atomic E-state index is 12.4. The zero-order chi connectivity index (χ0) is 18.8. The Morgan fingerprint density at radius 2 is 1.63 bits per heavy atom. The third-order valence-electron chi connectivity index (χ3n) is 5.42. The first-order chi connectivity index (χ1) is 13.1. The summed E-state index contributed by atoms with van der Waals surface area (Å²) in [6.45, 7) is 0.315. The van der Waals surface area contributed by atoms with Crippen LogP contribution in [0.5, 0.6) is 0 Å². The summed E-state index contributed by atoms with van der Waals surface area (Å²) in [6, 6.07) is 13.8. The Morgan fingerprint density at radius 3 is 2.33 bits per heavy atom. The van der Waals surface area contributed by atoms with E-state index in [0.29, 0.717) is 25.8 Å². The number of nitrogens with one attached hydrogen (secondary N) is 1. The number of carbonyl (C=O) groups excluding carboxylic acids is 3. The molecule has 2 aliphatic rings. The number of amides is 3. The van der Waals surface area contributed by atoms with Crippen LogP contribution in [0.15, 0.2) is 54.6 Å². The van der Waals surface area contributed by atoms with E-state index < -0.39 is 0 Å². The summed E-state index contributed by atoms with van der Waals surface area (Å²) in [4.78, 5) is 38.4. The summed E-state index contributed by atoms with van der Waals surface area (Å²) in [7, 11) is 0. The molecule has 0 bridgehead atoms. The summed E-state index contributed by atoms with van der Waals surface area (Å²) < 4.78 is 0. The lowest BCUT2D eigenvalue weighted by atomic mass is 9.85. The van der Waals surface area contributed by atoms with Crippen LogP contribution in [0.1, 0.15) is 25.7 Å². The SMILES string of the molecule is O=C(CCCN1C(=O)[C@H]2CC=CC[C@@H]2C1=O)Nc1ccc2ccccc2c1. The highest BCUT2D eigenvalue weighted by molar-refractivity contribution is 6.05. The van der Waals surface area contributed by atoms with Crippen molar-refractivity contribution in [3.8, 4) is 0 Å². The number of carbonyl (C=O) groups is 3. The molecule has 2 atom stereocenters. The number of benzene rings is 2. The number of anilines is 1. The van der Waals surface area contributed by atoms with Crippen LogP contribution in [-0.2, 0) is 14.4 Å². The fourth-order valence-electron chi connectivity index (χ4n) is 3.98. The predicted octanol–water partition coefficient (Wildman–Crippen LogP) is 3.51. The minimum atomic E-state index is -0.200. The Labute approximate surface area is 158 Å². The zero-order valence-electron chi connectivity index (χ0n) is 15.1. The van der Waals surface area contributed by atoms with Gasteiger partial charge in [-0.05, 0) is 42.2 Å². The van der Waals surface area contributed by atoms with Crippen molar-refractivity contribution >= 4 is 34.2 Å². The molecule has 1 fully saturated rings. The van der Waals surface area contributed by atoms with Crippen molar-refractivity contribution in [2.75, 3.05) is 11.9 Å². The molecule has 1 N–H and O–H groups in total. The molecule has 0 unspecified atom stereocenters. The molecule has 5 heteroatoms. The molecule has 5 nitrogen and oxygen atoms in total. The van der Waals surface area contributed by atoms with E-state index in [1.807, 2.05) is 54.6 Å². The Bertz CT molecular complexity index is 908. The standard InChI is InChI=1S/C22H22N2O3/c25-20(23-17-12-11-15-6-1-2-7-16(15)14-17)10-5-13-24-21(26)18-8-3-4-9-19(18)22(24)27/h1-4,6-7,11-12,14,18-19H,5,8-10,13H2,(H,23,25)/t18-,19-/m0/s1. The number of hydrogen-bond donors (Lipinski definition) is 1. The lowest BCUT2D eigenvalue weighted by Gasteiger charge is -2.14. The van der Waals surface area contributed by atoms with E-state index >= 15 is 0 Å². The molecule has 3 amide bonds. The summed E-state index contributed by atoms with van der Waals surface area (Å²) in [5.41, 5.74) is 0.754. The average molecular weight is 362 g/mol. The lowest BCUT2D eigenvalue weighted by molar-refractivity contribution is -0.140. The van der Waals surface area contributed by atoms with Gasteiger partial charge in [-0.2, -0.15) is 0 Å². The van der Waals surface area contributed by atoms with Crippen LogP contribution < -0.4 is 5.32 Å². The van der Waals surface area contributed by atoms with Gasteiger partial charge in [0, 0.05) is 18.7 Å².